The van der Waals surface area contributed by atoms with Crippen LogP contribution in [0.15, 0.2) is 36.8 Å². The van der Waals surface area contributed by atoms with E-state index < -0.39 is 0 Å². The fourth-order valence-corrected chi connectivity index (χ4v) is 0.957. The SMILES string of the molecule is Nc1ccc(Nc2ncccn2)nc1. The van der Waals surface area contributed by atoms with Gasteiger partial charge in [0.25, 0.3) is 0 Å². The minimum Gasteiger partial charge on any atom is -0.397 e. The van der Waals surface area contributed by atoms with E-state index in [0.29, 0.717) is 17.5 Å². The topological polar surface area (TPSA) is 76.7 Å². The lowest BCUT2D eigenvalue weighted by Crippen LogP contribution is -1.98. The van der Waals surface area contributed by atoms with Gasteiger partial charge in [-0.1, -0.05) is 0 Å². The first kappa shape index (κ1) is 8.43. The molecule has 0 aliphatic rings. The van der Waals surface area contributed by atoms with Gasteiger partial charge in [-0.25, -0.2) is 15.0 Å². The van der Waals surface area contributed by atoms with E-state index in [1.165, 1.54) is 0 Å². The van der Waals surface area contributed by atoms with Gasteiger partial charge in [-0.2, -0.15) is 0 Å². The first-order valence-corrected chi connectivity index (χ1v) is 4.10. The van der Waals surface area contributed by atoms with Gasteiger partial charge in [0.15, 0.2) is 0 Å². The molecule has 0 radical (unpaired) electrons. The van der Waals surface area contributed by atoms with E-state index >= 15 is 0 Å². The molecule has 0 saturated heterocycles. The average molecular weight is 187 g/mol. The van der Waals surface area contributed by atoms with E-state index in [1.807, 2.05) is 0 Å². The Balaban J connectivity index is 2.16. The van der Waals surface area contributed by atoms with Crippen molar-refractivity contribution in [1.29, 1.82) is 0 Å². The molecule has 14 heavy (non-hydrogen) atoms. The highest BCUT2D eigenvalue weighted by atomic mass is 15.1. The van der Waals surface area contributed by atoms with Gasteiger partial charge in [0.05, 0.1) is 11.9 Å². The maximum Gasteiger partial charge on any atom is 0.228 e. The molecular weight excluding hydrogens is 178 g/mol. The lowest BCUT2D eigenvalue weighted by atomic mass is 10.4. The molecule has 0 aromatic carbocycles. The van der Waals surface area contributed by atoms with E-state index in [4.69, 9.17) is 5.73 Å². The van der Waals surface area contributed by atoms with Gasteiger partial charge in [0, 0.05) is 12.4 Å². The Morgan fingerprint density at radius 3 is 2.50 bits per heavy atom. The van der Waals surface area contributed by atoms with Crippen molar-refractivity contribution in [3.63, 3.8) is 0 Å². The number of pyridine rings is 1. The van der Waals surface area contributed by atoms with Crippen LogP contribution in [0.2, 0.25) is 0 Å². The molecule has 0 unspecified atom stereocenters. The minimum absolute atomic E-state index is 0.518. The van der Waals surface area contributed by atoms with Crippen LogP contribution >= 0.6 is 0 Å². The van der Waals surface area contributed by atoms with Crippen LogP contribution in [0.3, 0.4) is 0 Å². The number of hydrogen-bond acceptors (Lipinski definition) is 5. The number of nitrogens with zero attached hydrogens (tertiary/aromatic N) is 3. The molecule has 0 atom stereocenters. The van der Waals surface area contributed by atoms with Gasteiger partial charge in [0.2, 0.25) is 5.95 Å². The Morgan fingerprint density at radius 2 is 1.86 bits per heavy atom. The Morgan fingerprint density at radius 1 is 1.07 bits per heavy atom. The van der Waals surface area contributed by atoms with Gasteiger partial charge in [-0.15, -0.1) is 0 Å². The monoisotopic (exact) mass is 187 g/mol. The second-order valence-corrected chi connectivity index (χ2v) is 2.67. The summed E-state index contributed by atoms with van der Waals surface area (Å²) < 4.78 is 0. The molecule has 0 saturated carbocycles. The normalized spacial score (nSPS) is 9.71. The zero-order chi connectivity index (χ0) is 9.80. The number of nitrogens with one attached hydrogen (secondary N) is 1. The molecule has 2 aromatic rings. The first-order chi connectivity index (χ1) is 6.84. The molecular formula is C9H9N5. The maximum atomic E-state index is 5.50. The van der Waals surface area contributed by atoms with Crippen molar-refractivity contribution in [2.45, 2.75) is 0 Å². The molecule has 0 bridgehead atoms. The van der Waals surface area contributed by atoms with Crippen LogP contribution in [0.1, 0.15) is 0 Å². The summed E-state index contributed by atoms with van der Waals surface area (Å²) in [5, 5.41) is 2.94. The lowest BCUT2D eigenvalue weighted by molar-refractivity contribution is 1.15. The third kappa shape index (κ3) is 1.95. The van der Waals surface area contributed by atoms with Crippen LogP contribution in [0.25, 0.3) is 0 Å². The molecule has 2 rings (SSSR count). The van der Waals surface area contributed by atoms with Gasteiger partial charge < -0.3 is 11.1 Å². The highest BCUT2D eigenvalue weighted by molar-refractivity contribution is 5.50. The number of anilines is 3. The molecule has 70 valence electrons. The lowest BCUT2D eigenvalue weighted by Gasteiger charge is -2.02. The van der Waals surface area contributed by atoms with Crippen LogP contribution in [0.4, 0.5) is 17.5 Å². The summed E-state index contributed by atoms with van der Waals surface area (Å²) in [6.45, 7) is 0. The predicted octanol–water partition coefficient (Wildman–Crippen LogP) is 1.20. The van der Waals surface area contributed by atoms with Crippen LogP contribution in [-0.4, -0.2) is 15.0 Å². The van der Waals surface area contributed by atoms with E-state index in [9.17, 15) is 0 Å². The molecule has 3 N–H and O–H groups in total. The van der Waals surface area contributed by atoms with Crippen molar-refractivity contribution < 1.29 is 0 Å². The zero-order valence-corrected chi connectivity index (χ0v) is 7.38. The second kappa shape index (κ2) is 3.69. The minimum atomic E-state index is 0.518. The third-order valence-electron chi connectivity index (χ3n) is 1.59. The van der Waals surface area contributed by atoms with Crippen molar-refractivity contribution in [2.75, 3.05) is 11.1 Å². The largest absolute Gasteiger partial charge is 0.397 e. The summed E-state index contributed by atoms with van der Waals surface area (Å²) in [7, 11) is 0. The van der Waals surface area contributed by atoms with Crippen molar-refractivity contribution >= 4 is 17.5 Å². The van der Waals surface area contributed by atoms with E-state index in [-0.39, 0.29) is 0 Å². The molecule has 2 aromatic heterocycles. The summed E-state index contributed by atoms with van der Waals surface area (Å²) in [6, 6.07) is 5.28. The molecule has 0 amide bonds. The van der Waals surface area contributed by atoms with Crippen molar-refractivity contribution in [1.82, 2.24) is 15.0 Å². The van der Waals surface area contributed by atoms with E-state index in [0.717, 1.165) is 0 Å². The second-order valence-electron chi connectivity index (χ2n) is 2.67. The first-order valence-electron chi connectivity index (χ1n) is 4.10. The molecule has 5 heteroatoms. The molecule has 0 aliphatic heterocycles. The zero-order valence-electron chi connectivity index (χ0n) is 7.38. The number of hydrogen-bond donors (Lipinski definition) is 2. The predicted molar refractivity (Wildman–Crippen MR) is 54.0 cm³/mol. The van der Waals surface area contributed by atoms with Gasteiger partial charge in [-0.05, 0) is 18.2 Å². The van der Waals surface area contributed by atoms with E-state index in [2.05, 4.69) is 20.3 Å². The van der Waals surface area contributed by atoms with Crippen LogP contribution in [-0.2, 0) is 0 Å². The van der Waals surface area contributed by atoms with Crippen molar-refractivity contribution in [3.05, 3.63) is 36.8 Å². The summed E-state index contributed by atoms with van der Waals surface area (Å²) in [4.78, 5) is 12.1. The van der Waals surface area contributed by atoms with Gasteiger partial charge in [-0.3, -0.25) is 0 Å². The number of aromatic nitrogens is 3. The molecule has 0 fully saturated rings. The van der Waals surface area contributed by atoms with E-state index in [1.54, 1.807) is 36.8 Å². The molecule has 0 aliphatic carbocycles. The molecule has 0 spiro atoms. The Hall–Kier alpha value is -2.17. The van der Waals surface area contributed by atoms with Crippen LogP contribution in [0.5, 0.6) is 0 Å². The summed E-state index contributed by atoms with van der Waals surface area (Å²) >= 11 is 0. The highest BCUT2D eigenvalue weighted by Gasteiger charge is 1.95. The Kier molecular flexibility index (Phi) is 2.22. The third-order valence-corrected chi connectivity index (χ3v) is 1.59. The van der Waals surface area contributed by atoms with Gasteiger partial charge in [0.1, 0.15) is 5.82 Å². The van der Waals surface area contributed by atoms with Crippen molar-refractivity contribution in [3.8, 4) is 0 Å². The molecule has 2 heterocycles. The highest BCUT2D eigenvalue weighted by Crippen LogP contribution is 2.09. The maximum absolute atomic E-state index is 5.50. The number of rotatable bonds is 2. The summed E-state index contributed by atoms with van der Waals surface area (Å²) in [6.07, 6.45) is 4.89. The van der Waals surface area contributed by atoms with Crippen LogP contribution in [0, 0.1) is 0 Å². The fraction of sp³-hybridized carbons (Fsp3) is 0. The number of nitrogen functional groups attached to an aromatic ring is 1. The Labute approximate surface area is 81.0 Å². The molecule has 5 nitrogen and oxygen atoms in total. The summed E-state index contributed by atoms with van der Waals surface area (Å²) in [5.74, 6) is 1.19. The van der Waals surface area contributed by atoms with Gasteiger partial charge >= 0.3 is 0 Å². The average Bonchev–Trinajstić information content (AvgIpc) is 2.23. The number of nitrogens with two attached hydrogens (primary N) is 1. The smallest absolute Gasteiger partial charge is 0.228 e. The quantitative estimate of drug-likeness (QED) is 0.738. The Bertz CT molecular complexity index is 397. The van der Waals surface area contributed by atoms with Crippen molar-refractivity contribution in [2.24, 2.45) is 0 Å². The van der Waals surface area contributed by atoms with Crippen LogP contribution < -0.4 is 11.1 Å². The standard InChI is InChI=1S/C9H9N5/c10-7-2-3-8(13-6-7)14-9-11-4-1-5-12-9/h1-6H,10H2,(H,11,12,13,14). The summed E-state index contributed by atoms with van der Waals surface area (Å²) in [5.41, 5.74) is 6.13. The fourth-order valence-electron chi connectivity index (χ4n) is 0.957.